The van der Waals surface area contributed by atoms with Gasteiger partial charge in [0.15, 0.2) is 0 Å². The Kier molecular flexibility index (Phi) is 1.85. The van der Waals surface area contributed by atoms with Crippen molar-refractivity contribution in [1.29, 1.82) is 0 Å². The monoisotopic (exact) mass is 174 g/mol. The zero-order valence-electron chi connectivity index (χ0n) is 7.37. The summed E-state index contributed by atoms with van der Waals surface area (Å²) < 4.78 is 0. The lowest BCUT2D eigenvalue weighted by Gasteiger charge is -1.98. The van der Waals surface area contributed by atoms with Crippen molar-refractivity contribution in [3.05, 3.63) is 40.3 Å². The van der Waals surface area contributed by atoms with Crippen LogP contribution in [0.4, 0.5) is 0 Å². The van der Waals surface area contributed by atoms with Gasteiger partial charge in [0.05, 0.1) is 11.0 Å². The molecule has 0 amide bonds. The highest BCUT2D eigenvalue weighted by atomic mass is 16.1. The van der Waals surface area contributed by atoms with Crippen LogP contribution in [0.2, 0.25) is 0 Å². The summed E-state index contributed by atoms with van der Waals surface area (Å²) >= 11 is 0. The van der Waals surface area contributed by atoms with Gasteiger partial charge in [0.1, 0.15) is 0 Å². The number of aromatic amines is 1. The van der Waals surface area contributed by atoms with Crippen molar-refractivity contribution < 1.29 is 0 Å². The van der Waals surface area contributed by atoms with E-state index in [1.807, 2.05) is 12.1 Å². The minimum atomic E-state index is -0.0847. The summed E-state index contributed by atoms with van der Waals surface area (Å²) in [4.78, 5) is 18.0. The fourth-order valence-corrected chi connectivity index (χ4v) is 1.28. The average molecular weight is 174 g/mol. The van der Waals surface area contributed by atoms with Crippen molar-refractivity contribution in [1.82, 2.24) is 9.97 Å². The Morgan fingerprint density at radius 1 is 1.31 bits per heavy atom. The van der Waals surface area contributed by atoms with E-state index in [9.17, 15) is 4.79 Å². The smallest absolute Gasteiger partial charge is 0.248 e. The van der Waals surface area contributed by atoms with Gasteiger partial charge < -0.3 is 4.98 Å². The number of rotatable bonds is 1. The summed E-state index contributed by atoms with van der Waals surface area (Å²) in [6, 6.07) is 7.06. The quantitative estimate of drug-likeness (QED) is 0.711. The SMILES string of the molecule is CCc1ccc2[nH]c(=O)ccc2n1. The lowest BCUT2D eigenvalue weighted by Crippen LogP contribution is -2.03. The van der Waals surface area contributed by atoms with Crippen LogP contribution in [0.25, 0.3) is 11.0 Å². The van der Waals surface area contributed by atoms with Gasteiger partial charge in [-0.05, 0) is 24.6 Å². The van der Waals surface area contributed by atoms with Crippen molar-refractivity contribution >= 4 is 11.0 Å². The largest absolute Gasteiger partial charge is 0.321 e. The van der Waals surface area contributed by atoms with E-state index in [2.05, 4.69) is 16.9 Å². The third kappa shape index (κ3) is 1.45. The van der Waals surface area contributed by atoms with Gasteiger partial charge in [0, 0.05) is 11.8 Å². The van der Waals surface area contributed by atoms with Crippen LogP contribution >= 0.6 is 0 Å². The summed E-state index contributed by atoms with van der Waals surface area (Å²) in [6.07, 6.45) is 0.912. The minimum absolute atomic E-state index is 0.0847. The first kappa shape index (κ1) is 7.98. The van der Waals surface area contributed by atoms with Crippen molar-refractivity contribution in [2.75, 3.05) is 0 Å². The minimum Gasteiger partial charge on any atom is -0.321 e. The molecule has 0 radical (unpaired) electrons. The zero-order chi connectivity index (χ0) is 9.26. The molecule has 0 aliphatic rings. The van der Waals surface area contributed by atoms with Crippen LogP contribution in [0, 0.1) is 0 Å². The molecule has 2 rings (SSSR count). The first-order valence-corrected chi connectivity index (χ1v) is 4.28. The molecule has 3 nitrogen and oxygen atoms in total. The number of nitrogens with one attached hydrogen (secondary N) is 1. The molecule has 0 unspecified atom stereocenters. The van der Waals surface area contributed by atoms with Gasteiger partial charge in [-0.15, -0.1) is 0 Å². The Morgan fingerprint density at radius 3 is 2.92 bits per heavy atom. The number of hydrogen-bond acceptors (Lipinski definition) is 2. The molecule has 13 heavy (non-hydrogen) atoms. The lowest BCUT2D eigenvalue weighted by molar-refractivity contribution is 1.05. The third-order valence-electron chi connectivity index (χ3n) is 2.00. The fourth-order valence-electron chi connectivity index (χ4n) is 1.28. The van der Waals surface area contributed by atoms with Crippen LogP contribution in [0.15, 0.2) is 29.1 Å². The van der Waals surface area contributed by atoms with Gasteiger partial charge in [-0.25, -0.2) is 0 Å². The maximum absolute atomic E-state index is 11.0. The molecule has 3 heteroatoms. The van der Waals surface area contributed by atoms with E-state index < -0.39 is 0 Å². The van der Waals surface area contributed by atoms with Gasteiger partial charge >= 0.3 is 0 Å². The first-order valence-electron chi connectivity index (χ1n) is 4.28. The highest BCUT2D eigenvalue weighted by Gasteiger charge is 1.96. The molecule has 66 valence electrons. The molecule has 2 aromatic heterocycles. The lowest BCUT2D eigenvalue weighted by atomic mass is 10.2. The Bertz CT molecular complexity index is 487. The predicted molar refractivity (Wildman–Crippen MR) is 51.7 cm³/mol. The second kappa shape index (κ2) is 3.01. The maximum Gasteiger partial charge on any atom is 0.248 e. The highest BCUT2D eigenvalue weighted by Crippen LogP contribution is 2.07. The van der Waals surface area contributed by atoms with Crippen LogP contribution in [0.3, 0.4) is 0 Å². The van der Waals surface area contributed by atoms with E-state index in [-0.39, 0.29) is 5.56 Å². The number of fused-ring (bicyclic) bond motifs is 1. The Labute approximate surface area is 75.4 Å². The molecule has 0 aliphatic heterocycles. The van der Waals surface area contributed by atoms with Crippen molar-refractivity contribution in [2.45, 2.75) is 13.3 Å². The van der Waals surface area contributed by atoms with Crippen molar-refractivity contribution in [2.24, 2.45) is 0 Å². The van der Waals surface area contributed by atoms with Crippen molar-refractivity contribution in [3.63, 3.8) is 0 Å². The molecule has 0 saturated carbocycles. The highest BCUT2D eigenvalue weighted by molar-refractivity contribution is 5.73. The van der Waals surface area contributed by atoms with Gasteiger partial charge in [0.2, 0.25) is 5.56 Å². The van der Waals surface area contributed by atoms with Gasteiger partial charge in [-0.1, -0.05) is 6.92 Å². The van der Waals surface area contributed by atoms with E-state index in [1.54, 1.807) is 6.07 Å². The van der Waals surface area contributed by atoms with Crippen LogP contribution in [0.1, 0.15) is 12.6 Å². The van der Waals surface area contributed by atoms with E-state index >= 15 is 0 Å². The summed E-state index contributed by atoms with van der Waals surface area (Å²) in [7, 11) is 0. The third-order valence-corrected chi connectivity index (χ3v) is 2.00. The molecule has 0 atom stereocenters. The second-order valence-corrected chi connectivity index (χ2v) is 2.91. The van der Waals surface area contributed by atoms with E-state index in [0.29, 0.717) is 0 Å². The van der Waals surface area contributed by atoms with E-state index in [0.717, 1.165) is 23.1 Å². The summed E-state index contributed by atoms with van der Waals surface area (Å²) in [5.74, 6) is 0. The molecule has 0 bridgehead atoms. The molecule has 1 N–H and O–H groups in total. The Balaban J connectivity index is 2.73. The molecule has 0 spiro atoms. The van der Waals surface area contributed by atoms with Gasteiger partial charge in [-0.2, -0.15) is 0 Å². The summed E-state index contributed by atoms with van der Waals surface area (Å²) in [5, 5.41) is 0. The summed E-state index contributed by atoms with van der Waals surface area (Å²) in [6.45, 7) is 2.06. The van der Waals surface area contributed by atoms with Gasteiger partial charge in [0.25, 0.3) is 0 Å². The fraction of sp³-hybridized carbons (Fsp3) is 0.200. The molecule has 0 aliphatic carbocycles. The second-order valence-electron chi connectivity index (χ2n) is 2.91. The molecule has 0 saturated heterocycles. The topological polar surface area (TPSA) is 45.8 Å². The Hall–Kier alpha value is -1.64. The van der Waals surface area contributed by atoms with Crippen LogP contribution in [0.5, 0.6) is 0 Å². The van der Waals surface area contributed by atoms with Gasteiger partial charge in [-0.3, -0.25) is 9.78 Å². The summed E-state index contributed by atoms with van der Waals surface area (Å²) in [5.41, 5.74) is 2.60. The van der Waals surface area contributed by atoms with Crippen LogP contribution in [-0.2, 0) is 6.42 Å². The van der Waals surface area contributed by atoms with Crippen LogP contribution < -0.4 is 5.56 Å². The number of H-pyrrole nitrogens is 1. The number of aryl methyl sites for hydroxylation is 1. The Morgan fingerprint density at radius 2 is 2.15 bits per heavy atom. The molecule has 2 heterocycles. The zero-order valence-corrected chi connectivity index (χ0v) is 7.37. The molecule has 0 fully saturated rings. The maximum atomic E-state index is 11.0. The molecule has 2 aromatic rings. The number of hydrogen-bond donors (Lipinski definition) is 1. The molecular formula is C10H10N2O. The number of aromatic nitrogens is 2. The molecular weight excluding hydrogens is 164 g/mol. The predicted octanol–water partition coefficient (Wildman–Crippen LogP) is 1.49. The van der Waals surface area contributed by atoms with Crippen LogP contribution in [-0.4, -0.2) is 9.97 Å². The average Bonchev–Trinajstić information content (AvgIpc) is 2.17. The number of nitrogens with zero attached hydrogens (tertiary/aromatic N) is 1. The standard InChI is InChI=1S/C10H10N2O/c1-2-7-3-4-9-8(11-7)5-6-10(13)12-9/h3-6H,2H2,1H3,(H,12,13). The normalized spacial score (nSPS) is 10.5. The molecule has 0 aromatic carbocycles. The van der Waals surface area contributed by atoms with E-state index in [1.165, 1.54) is 6.07 Å². The first-order chi connectivity index (χ1) is 6.29. The van der Waals surface area contributed by atoms with E-state index in [4.69, 9.17) is 0 Å². The van der Waals surface area contributed by atoms with Crippen molar-refractivity contribution in [3.8, 4) is 0 Å². The number of pyridine rings is 2.